The zero-order chi connectivity index (χ0) is 20.8. The fourth-order valence-corrected chi connectivity index (χ4v) is 3.44. The Kier molecular flexibility index (Phi) is 6.46. The quantitative estimate of drug-likeness (QED) is 0.542. The third kappa shape index (κ3) is 4.55. The van der Waals surface area contributed by atoms with Gasteiger partial charge in [0.15, 0.2) is 11.5 Å². The van der Waals surface area contributed by atoms with E-state index in [4.69, 9.17) is 18.9 Å². The number of hydrogen-bond acceptors (Lipinski definition) is 8. The van der Waals surface area contributed by atoms with Gasteiger partial charge in [-0.1, -0.05) is 12.1 Å². The van der Waals surface area contributed by atoms with Crippen LogP contribution < -0.4 is 9.47 Å². The van der Waals surface area contributed by atoms with Crippen LogP contribution in [0.4, 0.5) is 0 Å². The highest BCUT2D eigenvalue weighted by molar-refractivity contribution is 7.13. The summed E-state index contributed by atoms with van der Waals surface area (Å²) < 4.78 is 20.6. The number of ether oxygens (including phenoxy) is 4. The monoisotopic (exact) mass is 413 g/mol. The zero-order valence-corrected chi connectivity index (χ0v) is 16.9. The molecule has 0 unspecified atom stereocenters. The standard InChI is InChI=1S/C21H19NO6S/c1-25-17-9-8-13(10-18(17)26-2)19-22-14(12-29-19)11-28-21(24)16-7-5-4-6-15(16)20(23)27-3/h4-10,12H,11H2,1-3H3. The second kappa shape index (κ2) is 9.20. The number of carbonyl (C=O) groups excluding carboxylic acids is 2. The van der Waals surface area contributed by atoms with E-state index >= 15 is 0 Å². The van der Waals surface area contributed by atoms with Crippen LogP contribution in [0.2, 0.25) is 0 Å². The molecule has 2 aromatic carbocycles. The third-order valence-electron chi connectivity index (χ3n) is 4.09. The molecule has 29 heavy (non-hydrogen) atoms. The fraction of sp³-hybridized carbons (Fsp3) is 0.190. The van der Waals surface area contributed by atoms with E-state index in [0.29, 0.717) is 17.2 Å². The molecule has 1 aromatic heterocycles. The Bertz CT molecular complexity index is 1030. The van der Waals surface area contributed by atoms with Gasteiger partial charge >= 0.3 is 11.9 Å². The van der Waals surface area contributed by atoms with E-state index in [0.717, 1.165) is 10.6 Å². The predicted octanol–water partition coefficient (Wildman–Crippen LogP) is 3.97. The minimum Gasteiger partial charge on any atom is -0.493 e. The number of nitrogens with zero attached hydrogens (tertiary/aromatic N) is 1. The van der Waals surface area contributed by atoms with Gasteiger partial charge in [-0.15, -0.1) is 11.3 Å². The molecule has 0 bridgehead atoms. The van der Waals surface area contributed by atoms with Crippen LogP contribution in [0.5, 0.6) is 11.5 Å². The van der Waals surface area contributed by atoms with Crippen molar-refractivity contribution in [3.05, 3.63) is 64.7 Å². The van der Waals surface area contributed by atoms with Gasteiger partial charge in [-0.3, -0.25) is 0 Å². The summed E-state index contributed by atoms with van der Waals surface area (Å²) in [7, 11) is 4.40. The lowest BCUT2D eigenvalue weighted by Crippen LogP contribution is -2.12. The second-order valence-electron chi connectivity index (χ2n) is 5.83. The van der Waals surface area contributed by atoms with Crippen LogP contribution in [0.15, 0.2) is 47.8 Å². The molecule has 0 aliphatic heterocycles. The summed E-state index contributed by atoms with van der Waals surface area (Å²) in [6.45, 7) is -0.0157. The van der Waals surface area contributed by atoms with Crippen LogP contribution in [0.3, 0.4) is 0 Å². The summed E-state index contributed by atoms with van der Waals surface area (Å²) in [5, 5.41) is 2.57. The van der Waals surface area contributed by atoms with E-state index in [1.165, 1.54) is 30.6 Å². The van der Waals surface area contributed by atoms with Gasteiger partial charge in [0.25, 0.3) is 0 Å². The molecule has 0 saturated heterocycles. The van der Waals surface area contributed by atoms with E-state index < -0.39 is 11.9 Å². The zero-order valence-electron chi connectivity index (χ0n) is 16.1. The molecule has 8 heteroatoms. The molecule has 0 N–H and O–H groups in total. The molecule has 0 atom stereocenters. The van der Waals surface area contributed by atoms with Gasteiger partial charge in [0.2, 0.25) is 0 Å². The van der Waals surface area contributed by atoms with Gasteiger partial charge in [0, 0.05) is 10.9 Å². The Balaban J connectivity index is 1.72. The molecule has 3 rings (SSSR count). The van der Waals surface area contributed by atoms with Gasteiger partial charge in [0.05, 0.1) is 38.2 Å². The number of benzene rings is 2. The number of carbonyl (C=O) groups is 2. The summed E-state index contributed by atoms with van der Waals surface area (Å²) in [4.78, 5) is 28.7. The Hall–Kier alpha value is -3.39. The molecule has 150 valence electrons. The molecule has 1 heterocycles. The lowest BCUT2D eigenvalue weighted by Gasteiger charge is -2.08. The largest absolute Gasteiger partial charge is 0.493 e. The SMILES string of the molecule is COC(=O)c1ccccc1C(=O)OCc1csc(-c2ccc(OC)c(OC)c2)n1. The third-order valence-corrected chi connectivity index (χ3v) is 5.03. The average Bonchev–Trinajstić information content (AvgIpc) is 3.25. The van der Waals surface area contributed by atoms with Crippen LogP contribution in [-0.2, 0) is 16.1 Å². The summed E-state index contributed by atoms with van der Waals surface area (Å²) in [6.07, 6.45) is 0. The van der Waals surface area contributed by atoms with Crippen molar-refractivity contribution in [1.82, 2.24) is 4.98 Å². The molecule has 3 aromatic rings. The Labute approximate surface area is 171 Å². The minimum absolute atomic E-state index is 0.0157. The molecular formula is C21H19NO6S. The first-order chi connectivity index (χ1) is 14.1. The summed E-state index contributed by atoms with van der Waals surface area (Å²) in [6, 6.07) is 11.9. The normalized spacial score (nSPS) is 10.3. The van der Waals surface area contributed by atoms with E-state index in [2.05, 4.69) is 4.98 Å². The molecule has 0 aliphatic carbocycles. The summed E-state index contributed by atoms with van der Waals surface area (Å²) >= 11 is 1.42. The van der Waals surface area contributed by atoms with Gasteiger partial charge < -0.3 is 18.9 Å². The number of thiazole rings is 1. The van der Waals surface area contributed by atoms with E-state index in [1.54, 1.807) is 32.4 Å². The smallest absolute Gasteiger partial charge is 0.339 e. The van der Waals surface area contributed by atoms with Gasteiger partial charge in [-0.05, 0) is 30.3 Å². The number of methoxy groups -OCH3 is 3. The van der Waals surface area contributed by atoms with Gasteiger partial charge in [-0.2, -0.15) is 0 Å². The molecule has 0 spiro atoms. The molecule has 0 radical (unpaired) electrons. The lowest BCUT2D eigenvalue weighted by atomic mass is 10.1. The second-order valence-corrected chi connectivity index (χ2v) is 6.69. The number of hydrogen-bond donors (Lipinski definition) is 0. The summed E-state index contributed by atoms with van der Waals surface area (Å²) in [5.41, 5.74) is 1.77. The van der Waals surface area contributed by atoms with Crippen LogP contribution in [0.25, 0.3) is 10.6 Å². The number of esters is 2. The van der Waals surface area contributed by atoms with E-state index in [9.17, 15) is 9.59 Å². The van der Waals surface area contributed by atoms with E-state index in [1.807, 2.05) is 17.5 Å². The topological polar surface area (TPSA) is 84.0 Å². The van der Waals surface area contributed by atoms with Crippen molar-refractivity contribution in [2.75, 3.05) is 21.3 Å². The Morgan fingerprint density at radius 2 is 1.62 bits per heavy atom. The van der Waals surface area contributed by atoms with Crippen molar-refractivity contribution in [3.8, 4) is 22.1 Å². The number of aromatic nitrogens is 1. The predicted molar refractivity (Wildman–Crippen MR) is 108 cm³/mol. The minimum atomic E-state index is -0.619. The van der Waals surface area contributed by atoms with Crippen molar-refractivity contribution in [2.24, 2.45) is 0 Å². The maximum Gasteiger partial charge on any atom is 0.339 e. The van der Waals surface area contributed by atoms with Crippen LogP contribution in [0.1, 0.15) is 26.4 Å². The highest BCUT2D eigenvalue weighted by Gasteiger charge is 2.19. The molecule has 0 fully saturated rings. The van der Waals surface area contributed by atoms with Crippen molar-refractivity contribution < 1.29 is 28.5 Å². The molecular weight excluding hydrogens is 394 g/mol. The first kappa shape index (κ1) is 20.3. The van der Waals surface area contributed by atoms with Crippen molar-refractivity contribution in [2.45, 2.75) is 6.61 Å². The number of rotatable bonds is 7. The Morgan fingerprint density at radius 3 is 2.28 bits per heavy atom. The van der Waals surface area contributed by atoms with Crippen LogP contribution in [-0.4, -0.2) is 38.3 Å². The molecule has 0 aliphatic rings. The van der Waals surface area contributed by atoms with Gasteiger partial charge in [0.1, 0.15) is 11.6 Å². The van der Waals surface area contributed by atoms with Gasteiger partial charge in [-0.25, -0.2) is 14.6 Å². The highest BCUT2D eigenvalue weighted by atomic mass is 32.1. The summed E-state index contributed by atoms with van der Waals surface area (Å²) in [5.74, 6) is 0.0208. The van der Waals surface area contributed by atoms with Crippen molar-refractivity contribution in [1.29, 1.82) is 0 Å². The Morgan fingerprint density at radius 1 is 0.931 bits per heavy atom. The molecule has 0 saturated carbocycles. The van der Waals surface area contributed by atoms with Crippen molar-refractivity contribution >= 4 is 23.3 Å². The highest BCUT2D eigenvalue weighted by Crippen LogP contribution is 2.33. The first-order valence-corrected chi connectivity index (χ1v) is 9.46. The molecule has 7 nitrogen and oxygen atoms in total. The van der Waals surface area contributed by atoms with Crippen LogP contribution in [0, 0.1) is 0 Å². The maximum absolute atomic E-state index is 12.4. The maximum atomic E-state index is 12.4. The fourth-order valence-electron chi connectivity index (χ4n) is 2.64. The van der Waals surface area contributed by atoms with Crippen molar-refractivity contribution in [3.63, 3.8) is 0 Å². The van der Waals surface area contributed by atoms with Crippen LogP contribution >= 0.6 is 11.3 Å². The first-order valence-electron chi connectivity index (χ1n) is 8.58. The lowest BCUT2D eigenvalue weighted by molar-refractivity contribution is 0.0454. The van der Waals surface area contributed by atoms with E-state index in [-0.39, 0.29) is 17.7 Å². The average molecular weight is 413 g/mol. The molecule has 0 amide bonds.